The zero-order valence-corrected chi connectivity index (χ0v) is 13.5. The number of halogens is 3. The van der Waals surface area contributed by atoms with Gasteiger partial charge in [0.05, 0.1) is 21.5 Å². The fraction of sp³-hybridized carbons (Fsp3) is 0.188. The lowest BCUT2D eigenvalue weighted by Gasteiger charge is -2.21. The number of carbonyl (C=O) groups is 1. The second-order valence-electron chi connectivity index (χ2n) is 5.51. The zero-order chi connectivity index (χ0) is 20.2. The molecule has 0 aliphatic rings. The van der Waals surface area contributed by atoms with Gasteiger partial charge in [0.2, 0.25) is 0 Å². The molecule has 2 aromatic rings. The van der Waals surface area contributed by atoms with Gasteiger partial charge in [-0.15, -0.1) is 0 Å². The standard InChI is InChI=1S/C16H12F3N3O5/c17-16(18,19)14(6-10-4-2-1-3-5-10)20-15(23)11-7-12(21(24)25)9-13(8-11)22(26)27/h1-5,7-9,14H,6H2,(H,20,23)/t14-/m0/s1. The number of nitrogens with zero attached hydrogens (tertiary/aromatic N) is 2. The van der Waals surface area contributed by atoms with Gasteiger partial charge in [0.15, 0.2) is 0 Å². The van der Waals surface area contributed by atoms with Crippen molar-refractivity contribution in [3.8, 4) is 0 Å². The first-order valence-corrected chi connectivity index (χ1v) is 7.43. The second kappa shape index (κ2) is 7.81. The van der Waals surface area contributed by atoms with Gasteiger partial charge < -0.3 is 5.32 Å². The van der Waals surface area contributed by atoms with Gasteiger partial charge in [-0.1, -0.05) is 30.3 Å². The van der Waals surface area contributed by atoms with E-state index in [-0.39, 0.29) is 0 Å². The normalized spacial score (nSPS) is 12.3. The molecule has 1 atom stereocenters. The zero-order valence-electron chi connectivity index (χ0n) is 13.5. The molecule has 1 N–H and O–H groups in total. The highest BCUT2D eigenvalue weighted by Gasteiger charge is 2.41. The maximum Gasteiger partial charge on any atom is 0.408 e. The molecule has 1 amide bonds. The number of alkyl halides is 3. The minimum Gasteiger partial charge on any atom is -0.340 e. The molecule has 0 heterocycles. The molecule has 142 valence electrons. The SMILES string of the molecule is O=C(N[C@@H](Cc1ccccc1)C(F)(F)F)c1cc([N+](=O)[O-])cc([N+](=O)[O-])c1. The molecule has 0 aromatic heterocycles. The Labute approximate surface area is 149 Å². The molecule has 0 spiro atoms. The molecule has 8 nitrogen and oxygen atoms in total. The van der Waals surface area contributed by atoms with Crippen molar-refractivity contribution in [3.05, 3.63) is 79.9 Å². The minimum absolute atomic E-state index is 0.310. The Bertz CT molecular complexity index is 839. The van der Waals surface area contributed by atoms with Crippen LogP contribution in [0.25, 0.3) is 0 Å². The molecule has 27 heavy (non-hydrogen) atoms. The summed E-state index contributed by atoms with van der Waals surface area (Å²) in [5.41, 5.74) is -1.86. The Balaban J connectivity index is 2.32. The number of nitro groups is 2. The van der Waals surface area contributed by atoms with Gasteiger partial charge in [-0.2, -0.15) is 13.2 Å². The van der Waals surface area contributed by atoms with E-state index >= 15 is 0 Å². The average molecular weight is 383 g/mol. The Morgan fingerprint density at radius 2 is 1.52 bits per heavy atom. The Hall–Kier alpha value is -3.50. The molecule has 0 saturated carbocycles. The summed E-state index contributed by atoms with van der Waals surface area (Å²) < 4.78 is 39.8. The molecule has 0 unspecified atom stereocenters. The van der Waals surface area contributed by atoms with Crippen LogP contribution in [-0.2, 0) is 6.42 Å². The summed E-state index contributed by atoms with van der Waals surface area (Å²) in [4.78, 5) is 31.9. The largest absolute Gasteiger partial charge is 0.408 e. The van der Waals surface area contributed by atoms with E-state index in [0.717, 1.165) is 0 Å². The van der Waals surface area contributed by atoms with E-state index in [0.29, 0.717) is 23.8 Å². The maximum atomic E-state index is 13.3. The van der Waals surface area contributed by atoms with Crippen LogP contribution in [0.4, 0.5) is 24.5 Å². The van der Waals surface area contributed by atoms with Gasteiger partial charge in [0.1, 0.15) is 6.04 Å². The lowest BCUT2D eigenvalue weighted by atomic mass is 10.0. The molecule has 0 aliphatic heterocycles. The Morgan fingerprint density at radius 3 is 1.96 bits per heavy atom. The first-order valence-electron chi connectivity index (χ1n) is 7.43. The molecular formula is C16H12F3N3O5. The number of rotatable bonds is 6. The highest BCUT2D eigenvalue weighted by molar-refractivity contribution is 5.95. The number of amides is 1. The minimum atomic E-state index is -4.79. The average Bonchev–Trinajstić information content (AvgIpc) is 2.60. The van der Waals surface area contributed by atoms with Crippen LogP contribution in [0.1, 0.15) is 15.9 Å². The summed E-state index contributed by atoms with van der Waals surface area (Å²) in [6.07, 6.45) is -5.36. The van der Waals surface area contributed by atoms with Gasteiger partial charge >= 0.3 is 6.18 Å². The number of nitrogens with one attached hydrogen (secondary N) is 1. The van der Waals surface area contributed by atoms with Crippen LogP contribution in [-0.4, -0.2) is 28.0 Å². The van der Waals surface area contributed by atoms with Crippen LogP contribution in [0, 0.1) is 20.2 Å². The lowest BCUT2D eigenvalue weighted by molar-refractivity contribution is -0.394. The van der Waals surface area contributed by atoms with Gasteiger partial charge in [-0.3, -0.25) is 25.0 Å². The Kier molecular flexibility index (Phi) is 5.73. The van der Waals surface area contributed by atoms with Crippen molar-refractivity contribution in [1.82, 2.24) is 5.32 Å². The smallest absolute Gasteiger partial charge is 0.340 e. The Morgan fingerprint density at radius 1 is 1.00 bits per heavy atom. The summed E-state index contributed by atoms with van der Waals surface area (Å²) in [6.45, 7) is 0. The van der Waals surface area contributed by atoms with Gasteiger partial charge in [-0.25, -0.2) is 0 Å². The van der Waals surface area contributed by atoms with Crippen molar-refractivity contribution in [2.75, 3.05) is 0 Å². The number of hydrogen-bond donors (Lipinski definition) is 1. The summed E-state index contributed by atoms with van der Waals surface area (Å²) in [7, 11) is 0. The van der Waals surface area contributed by atoms with E-state index in [2.05, 4.69) is 0 Å². The lowest BCUT2D eigenvalue weighted by Crippen LogP contribution is -2.46. The summed E-state index contributed by atoms with van der Waals surface area (Å²) in [6, 6.07) is 7.28. The monoisotopic (exact) mass is 383 g/mol. The van der Waals surface area contributed by atoms with Crippen molar-refractivity contribution in [1.29, 1.82) is 0 Å². The van der Waals surface area contributed by atoms with Crippen LogP contribution in [0.15, 0.2) is 48.5 Å². The van der Waals surface area contributed by atoms with Crippen LogP contribution >= 0.6 is 0 Å². The fourth-order valence-corrected chi connectivity index (χ4v) is 2.28. The van der Waals surface area contributed by atoms with Gasteiger partial charge in [-0.05, 0) is 5.56 Å². The molecular weight excluding hydrogens is 371 g/mol. The predicted octanol–water partition coefficient (Wildman–Crippen LogP) is 3.41. The summed E-state index contributed by atoms with van der Waals surface area (Å²) in [5, 5.41) is 23.4. The first kappa shape index (κ1) is 19.8. The number of carbonyl (C=O) groups excluding carboxylic acids is 1. The van der Waals surface area contributed by atoms with Crippen molar-refractivity contribution in [2.45, 2.75) is 18.6 Å². The topological polar surface area (TPSA) is 115 Å². The van der Waals surface area contributed by atoms with Gasteiger partial charge in [0, 0.05) is 18.6 Å². The molecule has 0 radical (unpaired) electrons. The molecule has 0 aliphatic carbocycles. The first-order chi connectivity index (χ1) is 12.6. The van der Waals surface area contributed by atoms with E-state index in [1.165, 1.54) is 24.3 Å². The molecule has 2 rings (SSSR count). The van der Waals surface area contributed by atoms with Crippen LogP contribution < -0.4 is 5.32 Å². The van der Waals surface area contributed by atoms with E-state index in [1.54, 1.807) is 11.4 Å². The van der Waals surface area contributed by atoms with E-state index in [1.807, 2.05) is 0 Å². The third kappa shape index (κ3) is 5.23. The molecule has 0 bridgehead atoms. The predicted molar refractivity (Wildman–Crippen MR) is 87.2 cm³/mol. The highest BCUT2D eigenvalue weighted by atomic mass is 19.4. The number of hydrogen-bond acceptors (Lipinski definition) is 5. The quantitative estimate of drug-likeness (QED) is 0.606. The molecule has 0 fully saturated rings. The second-order valence-corrected chi connectivity index (χ2v) is 5.51. The molecule has 0 saturated heterocycles. The van der Waals surface area contributed by atoms with Crippen molar-refractivity contribution >= 4 is 17.3 Å². The number of benzene rings is 2. The maximum absolute atomic E-state index is 13.3. The number of nitro benzene ring substituents is 2. The third-order valence-corrected chi connectivity index (χ3v) is 3.57. The van der Waals surface area contributed by atoms with Gasteiger partial charge in [0.25, 0.3) is 17.3 Å². The van der Waals surface area contributed by atoms with E-state index < -0.39 is 51.3 Å². The number of non-ortho nitro benzene ring substituents is 2. The third-order valence-electron chi connectivity index (χ3n) is 3.57. The summed E-state index contributed by atoms with van der Waals surface area (Å²) >= 11 is 0. The van der Waals surface area contributed by atoms with Crippen molar-refractivity contribution < 1.29 is 27.8 Å². The molecule has 11 heteroatoms. The van der Waals surface area contributed by atoms with E-state index in [9.17, 15) is 38.2 Å². The van der Waals surface area contributed by atoms with Crippen LogP contribution in [0.3, 0.4) is 0 Å². The fourth-order valence-electron chi connectivity index (χ4n) is 2.28. The molecule has 2 aromatic carbocycles. The summed E-state index contributed by atoms with van der Waals surface area (Å²) in [5.74, 6) is -1.31. The van der Waals surface area contributed by atoms with Crippen LogP contribution in [0.5, 0.6) is 0 Å². The highest BCUT2D eigenvalue weighted by Crippen LogP contribution is 2.26. The van der Waals surface area contributed by atoms with E-state index in [4.69, 9.17) is 0 Å². The van der Waals surface area contributed by atoms with Crippen molar-refractivity contribution in [2.24, 2.45) is 0 Å². The van der Waals surface area contributed by atoms with Crippen molar-refractivity contribution in [3.63, 3.8) is 0 Å². The van der Waals surface area contributed by atoms with Crippen LogP contribution in [0.2, 0.25) is 0 Å².